The SMILES string of the molecule is CC(C)[C@H](N)C(=O)O[C@@H]1[C@H](O)[C@@H](CO)C[C@H]1c1c[nH]c2c(N)ncnc12.CC(C)[C@H](NC(=O)OC(C)(C)C)C(=O)O[C@@H]1[C@@H]2O[Si](C(C)C)(C(C)C)O[Si](C(C)C)(C(C)C)OC[C@H]2N(C(=O)OC(C)(C)C)[C@H]1c1c[nH]c2c(N)ncnc12.CC(C)[C@H](NC(=O)OC(C)(C)C)C(=O)O[C@@H]1[C@@H]2O[Si](C(C)C)(C(C)C)O[Si](C(C)C)(C(C)C)OC[C@H]2N(C(=O)OC(C)(C)C)[C@H]1c1c[nH]c2c(N=[N+]=[N-])ncnc12.Cl. The van der Waals surface area contributed by atoms with Crippen LogP contribution in [0.5, 0.6) is 0 Å². The van der Waals surface area contributed by atoms with Gasteiger partial charge in [-0.1, -0.05) is 152 Å². The summed E-state index contributed by atoms with van der Waals surface area (Å²) in [6.45, 7) is 65.4. The minimum atomic E-state index is -3.37. The van der Waals surface area contributed by atoms with Gasteiger partial charge < -0.3 is 112 Å². The number of esters is 3. The number of halogens is 1. The summed E-state index contributed by atoms with van der Waals surface area (Å²) < 4.78 is 86.4. The highest BCUT2D eigenvalue weighted by atomic mass is 35.5. The number of hydrogen-bond donors (Lipinski definition) is 10. The average molecular weight is 2040 g/mol. The number of aromatic nitrogens is 9. The molecular formula is C93H156ClN19O22Si4. The number of anilines is 2. The van der Waals surface area contributed by atoms with Crippen molar-refractivity contribution in [3.05, 3.63) is 64.7 Å². The number of fused-ring (bicyclic) bond motifs is 5. The van der Waals surface area contributed by atoms with Gasteiger partial charge in [-0.3, -0.25) is 14.6 Å². The maximum Gasteiger partial charge on any atom is 0.411 e. The van der Waals surface area contributed by atoms with Gasteiger partial charge in [0, 0.05) is 58.6 Å². The van der Waals surface area contributed by atoms with E-state index in [1.54, 1.807) is 139 Å². The molecule has 4 aliphatic heterocycles. The van der Waals surface area contributed by atoms with Gasteiger partial charge in [-0.2, -0.15) is 0 Å². The number of rotatable bonds is 24. The maximum atomic E-state index is 14.8. The fourth-order valence-electron chi connectivity index (χ4n) is 19.1. The molecule has 0 spiro atoms. The van der Waals surface area contributed by atoms with E-state index in [0.29, 0.717) is 56.5 Å². The number of nitrogens with zero attached hydrogens (tertiary/aromatic N) is 11. The molecule has 6 aromatic rings. The van der Waals surface area contributed by atoms with Crippen molar-refractivity contribution in [3.63, 3.8) is 0 Å². The molecule has 46 heteroatoms. The summed E-state index contributed by atoms with van der Waals surface area (Å²) in [6, 6.07) is -6.76. The molecule has 6 aromatic heterocycles. The van der Waals surface area contributed by atoms with Crippen LogP contribution < -0.4 is 27.8 Å². The normalized spacial score (nSPS) is 23.8. The number of alkyl carbamates (subject to hydrolysis) is 2. The third kappa shape index (κ3) is 25.3. The van der Waals surface area contributed by atoms with Gasteiger partial charge in [0.15, 0.2) is 29.7 Å². The number of carbonyl (C=O) groups excluding carboxylic acids is 7. The zero-order valence-electron chi connectivity index (χ0n) is 87.4. The number of H-pyrrole nitrogens is 3. The first kappa shape index (κ1) is 115. The fraction of sp³-hybridized carbons (Fsp3) is 0.731. The van der Waals surface area contributed by atoms with Gasteiger partial charge in [0.2, 0.25) is 0 Å². The Morgan fingerprint density at radius 3 is 1.15 bits per heavy atom. The van der Waals surface area contributed by atoms with Crippen molar-refractivity contribution in [2.45, 2.75) is 393 Å². The summed E-state index contributed by atoms with van der Waals surface area (Å²) in [5.41, 5.74) is 28.2. The van der Waals surface area contributed by atoms with Crippen molar-refractivity contribution >= 4 is 139 Å². The topological polar surface area (TPSA) is 562 Å². The van der Waals surface area contributed by atoms with Crippen LogP contribution in [0, 0.1) is 23.7 Å². The van der Waals surface area contributed by atoms with Crippen molar-refractivity contribution in [2.75, 3.05) is 31.3 Å². The summed E-state index contributed by atoms with van der Waals surface area (Å²) in [6.07, 6.45) is 0.487. The van der Waals surface area contributed by atoms with Crippen molar-refractivity contribution in [1.82, 2.24) is 65.3 Å². The molecule has 10 heterocycles. The molecule has 15 atom stereocenters. The fourth-order valence-corrected chi connectivity index (χ4v) is 41.5. The second-order valence-electron chi connectivity index (χ2n) is 44.2. The molecule has 778 valence electrons. The molecule has 11 rings (SSSR count). The number of ether oxygens (including phenoxy) is 7. The molecule has 0 radical (unpaired) electrons. The van der Waals surface area contributed by atoms with Gasteiger partial charge in [0.25, 0.3) is 0 Å². The van der Waals surface area contributed by atoms with Crippen LogP contribution >= 0.6 is 12.4 Å². The van der Waals surface area contributed by atoms with E-state index in [0.717, 1.165) is 5.56 Å². The summed E-state index contributed by atoms with van der Waals surface area (Å²) in [4.78, 5) is 138. The van der Waals surface area contributed by atoms with E-state index >= 15 is 0 Å². The van der Waals surface area contributed by atoms with Crippen LogP contribution in [0.25, 0.3) is 43.5 Å². The minimum Gasteiger partial charge on any atom is -0.458 e. The Labute approximate surface area is 827 Å². The first-order valence-corrected chi connectivity index (χ1v) is 56.0. The Balaban J connectivity index is 0.000000271. The van der Waals surface area contributed by atoms with Crippen LogP contribution in [0.2, 0.25) is 44.3 Å². The van der Waals surface area contributed by atoms with Crippen molar-refractivity contribution in [1.29, 1.82) is 0 Å². The lowest BCUT2D eigenvalue weighted by atomic mass is 9.96. The van der Waals surface area contributed by atoms with E-state index in [2.05, 4.69) is 176 Å². The van der Waals surface area contributed by atoms with Gasteiger partial charge >= 0.3 is 76.5 Å². The average Bonchev–Trinajstić information content (AvgIpc) is 1.58. The number of amides is 4. The molecule has 0 bridgehead atoms. The van der Waals surface area contributed by atoms with Crippen LogP contribution in [0.4, 0.5) is 36.6 Å². The Morgan fingerprint density at radius 2 is 0.820 bits per heavy atom. The Kier molecular flexibility index (Phi) is 37.6. The number of azide groups is 1. The highest BCUT2D eigenvalue weighted by Crippen LogP contribution is 2.56. The lowest BCUT2D eigenvalue weighted by Crippen LogP contribution is -2.66. The third-order valence-electron chi connectivity index (χ3n) is 25.9. The van der Waals surface area contributed by atoms with Crippen LogP contribution in [-0.4, -0.2) is 250 Å². The molecule has 41 nitrogen and oxygen atoms in total. The zero-order valence-corrected chi connectivity index (χ0v) is 92.2. The van der Waals surface area contributed by atoms with E-state index in [1.807, 2.05) is 13.8 Å². The molecule has 4 amide bonds. The number of aromatic amines is 3. The number of nitrogens with one attached hydrogen (secondary N) is 5. The standard InChI is InChI=1S/C38H64N8O9Si2.C38H66N6O9Si2.C17H25N5O4.ClH/c1-20(2)27(43-35(48)52-37(11,12)13)34(47)51-32-30(25-17-40-29-28(25)41-19-42-33(29)44-45-39)46(36(49)53-38(14,15)16)26-18-50-56(21(3)4,22(5)6)55-57(23(7)8,24(9)10)54-31(26)32;1-20(2)27(43-35(46)50-37(11,12)13)34(45)49-32-30(25-17-40-29-28(25)41-19-42-33(29)39)44(36(47)51-38(14,15)16)26-18-48-54(21(3)4,22(5)6)53-55(23(7)8,24(9)10)52-31(26)32;1-7(2)11(18)17(25)26-15-9(3-8(5-23)14(15)24)10-4-20-13-12(10)21-6-22-16(13)19;/h17,19-24,26-27,30-32,40H,18H2,1-16H3,(H,43,48);17,19-24,26-27,30-32,40H,18H2,1-16H3,(H,43,46)(H2,39,41,42);4,6-9,11,14-15,20,23-24H,3,5,18H2,1-2H3,(H2,19,21,22);1H/t2*26-,27+,30+,31-,32+;8-,9+,11+,14-,15+;/m111./s1. The van der Waals surface area contributed by atoms with Gasteiger partial charge in [-0.05, 0) is 162 Å². The zero-order chi connectivity index (χ0) is 104. The smallest absolute Gasteiger partial charge is 0.411 e. The number of carbonyl (C=O) groups is 7. The number of hydrogen-bond acceptors (Lipinski definition) is 32. The molecule has 1 saturated carbocycles. The first-order chi connectivity index (χ1) is 63.9. The van der Waals surface area contributed by atoms with Crippen molar-refractivity contribution in [2.24, 2.45) is 34.5 Å². The highest BCUT2D eigenvalue weighted by molar-refractivity contribution is 6.84. The Bertz CT molecular complexity index is 5250. The lowest BCUT2D eigenvalue weighted by molar-refractivity contribution is -0.159. The monoisotopic (exact) mass is 2040 g/mol. The van der Waals surface area contributed by atoms with Crippen LogP contribution in [0.3, 0.4) is 0 Å². The predicted molar refractivity (Wildman–Crippen MR) is 536 cm³/mol. The highest BCUT2D eigenvalue weighted by Gasteiger charge is 2.68. The molecule has 13 N–H and O–H groups in total. The minimum absolute atomic E-state index is 0. The van der Waals surface area contributed by atoms with E-state index in [-0.39, 0.29) is 100 Å². The molecule has 0 aromatic carbocycles. The summed E-state index contributed by atoms with van der Waals surface area (Å²) in [5, 5.41) is 29.3. The van der Waals surface area contributed by atoms with Gasteiger partial charge in [-0.15, -0.1) is 12.4 Å². The molecule has 4 saturated heterocycles. The molecule has 5 aliphatic rings. The Morgan fingerprint density at radius 1 is 0.489 bits per heavy atom. The van der Waals surface area contributed by atoms with Crippen molar-refractivity contribution < 1.29 is 103 Å². The Hall–Kier alpha value is -8.94. The number of aliphatic hydroxyl groups excluding tert-OH is 2. The molecule has 5 fully saturated rings. The number of nitrogen functional groups attached to an aromatic ring is 2. The van der Waals surface area contributed by atoms with Crippen LogP contribution in [-0.2, 0) is 73.5 Å². The van der Waals surface area contributed by atoms with Crippen LogP contribution in [0.15, 0.2) is 42.7 Å². The van der Waals surface area contributed by atoms with E-state index in [1.165, 1.54) is 19.0 Å². The second-order valence-corrected chi connectivity index (χ2v) is 61.9. The number of aliphatic hydroxyl groups is 2. The second kappa shape index (κ2) is 45.3. The number of likely N-dealkylation sites (tertiary alicyclic amines) is 2. The number of nitrogens with two attached hydrogens (primary N) is 3. The summed E-state index contributed by atoms with van der Waals surface area (Å²) >= 11 is 0. The van der Waals surface area contributed by atoms with Gasteiger partial charge in [-0.25, -0.2) is 58.7 Å². The predicted octanol–water partition coefficient (Wildman–Crippen LogP) is 16.9. The van der Waals surface area contributed by atoms with E-state index in [9.17, 15) is 49.3 Å². The third-order valence-corrected chi connectivity index (χ3v) is 46.4. The molecule has 139 heavy (non-hydrogen) atoms. The first-order valence-electron chi connectivity index (χ1n) is 48.1. The molecule has 1 aliphatic carbocycles. The van der Waals surface area contributed by atoms with E-state index in [4.69, 9.17) is 76.3 Å². The van der Waals surface area contributed by atoms with Crippen molar-refractivity contribution in [3.8, 4) is 0 Å². The van der Waals surface area contributed by atoms with Gasteiger partial charge in [0.1, 0.15) is 101 Å². The quantitative estimate of drug-likeness (QED) is 0.00672. The molecule has 0 unspecified atom stereocenters. The van der Waals surface area contributed by atoms with E-state index < -0.39 is 196 Å². The van der Waals surface area contributed by atoms with Crippen LogP contribution in [0.1, 0.15) is 277 Å². The summed E-state index contributed by atoms with van der Waals surface area (Å²) in [5.74, 6) is -3.15. The largest absolute Gasteiger partial charge is 0.458 e. The van der Waals surface area contributed by atoms with Gasteiger partial charge in [0.05, 0.1) is 53.5 Å². The lowest BCUT2D eigenvalue weighted by Gasteiger charge is -2.52. The maximum absolute atomic E-state index is 14.8. The summed E-state index contributed by atoms with van der Waals surface area (Å²) in [7, 11) is -12.9. The molecular weight excluding hydrogens is 1880 g/mol.